The number of hydrogen-bond donors (Lipinski definition) is 1. The zero-order valence-corrected chi connectivity index (χ0v) is 14.8. The summed E-state index contributed by atoms with van der Waals surface area (Å²) in [5.74, 6) is -0.602. The second-order valence-corrected chi connectivity index (χ2v) is 7.00. The quantitative estimate of drug-likeness (QED) is 0.510. The van der Waals surface area contributed by atoms with Gasteiger partial charge < -0.3 is 9.88 Å². The number of thiophene rings is 1. The van der Waals surface area contributed by atoms with Gasteiger partial charge in [0.25, 0.3) is 5.91 Å². The number of anilines is 1. The molecule has 0 aliphatic heterocycles. The predicted octanol–water partition coefficient (Wildman–Crippen LogP) is 5.34. The zero-order valence-electron chi connectivity index (χ0n) is 14.0. The van der Waals surface area contributed by atoms with Crippen LogP contribution in [-0.4, -0.2) is 10.5 Å². The minimum atomic E-state index is -0.372. The molecule has 2 aromatic carbocycles. The average Bonchev–Trinajstić information content (AvgIpc) is 3.22. The zero-order chi connectivity index (χ0) is 17.9. The van der Waals surface area contributed by atoms with E-state index in [2.05, 4.69) is 17.4 Å². The summed E-state index contributed by atoms with van der Waals surface area (Å²) in [6, 6.07) is 20.1. The second-order valence-electron chi connectivity index (χ2n) is 6.05. The van der Waals surface area contributed by atoms with Gasteiger partial charge in [-0.1, -0.05) is 36.4 Å². The van der Waals surface area contributed by atoms with Crippen molar-refractivity contribution in [1.29, 1.82) is 0 Å². The Morgan fingerprint density at radius 1 is 1.04 bits per heavy atom. The maximum atomic E-state index is 13.4. The van der Waals surface area contributed by atoms with E-state index in [1.165, 1.54) is 17.7 Å². The summed E-state index contributed by atoms with van der Waals surface area (Å²) in [6.45, 7) is 0.705. The van der Waals surface area contributed by atoms with Crippen LogP contribution in [-0.2, 0) is 13.0 Å². The largest absolute Gasteiger partial charge is 0.335 e. The van der Waals surface area contributed by atoms with Gasteiger partial charge in [0.1, 0.15) is 11.5 Å². The lowest BCUT2D eigenvalue weighted by Gasteiger charge is -2.11. The van der Waals surface area contributed by atoms with Crippen molar-refractivity contribution in [3.63, 3.8) is 0 Å². The number of nitrogens with one attached hydrogen (secondary N) is 1. The number of amides is 1. The van der Waals surface area contributed by atoms with E-state index in [4.69, 9.17) is 0 Å². The number of carbonyl (C=O) groups is 1. The molecule has 2 heterocycles. The number of carbonyl (C=O) groups excluding carboxylic acids is 1. The predicted molar refractivity (Wildman–Crippen MR) is 104 cm³/mol. The van der Waals surface area contributed by atoms with Crippen molar-refractivity contribution in [2.45, 2.75) is 13.0 Å². The van der Waals surface area contributed by atoms with Crippen LogP contribution in [0.4, 0.5) is 10.1 Å². The van der Waals surface area contributed by atoms with Gasteiger partial charge in [-0.15, -0.1) is 11.3 Å². The molecule has 0 unspecified atom stereocenters. The van der Waals surface area contributed by atoms with Crippen LogP contribution in [0.5, 0.6) is 0 Å². The highest BCUT2D eigenvalue weighted by Crippen LogP contribution is 2.26. The molecule has 0 aliphatic rings. The van der Waals surface area contributed by atoms with Gasteiger partial charge in [-0.05, 0) is 47.7 Å². The van der Waals surface area contributed by atoms with Crippen LogP contribution < -0.4 is 5.32 Å². The molecule has 0 spiro atoms. The van der Waals surface area contributed by atoms with Gasteiger partial charge in [-0.3, -0.25) is 4.79 Å². The van der Waals surface area contributed by atoms with E-state index in [1.807, 2.05) is 40.3 Å². The summed E-state index contributed by atoms with van der Waals surface area (Å²) in [7, 11) is 0. The van der Waals surface area contributed by atoms with Crippen molar-refractivity contribution < 1.29 is 9.18 Å². The average molecular weight is 364 g/mol. The molecule has 0 atom stereocenters. The molecule has 4 aromatic rings. The molecular weight excluding hydrogens is 347 g/mol. The smallest absolute Gasteiger partial charge is 0.272 e. The van der Waals surface area contributed by atoms with E-state index < -0.39 is 0 Å². The third kappa shape index (κ3) is 3.39. The van der Waals surface area contributed by atoms with Crippen LogP contribution in [0, 0.1) is 5.82 Å². The maximum Gasteiger partial charge on any atom is 0.272 e. The summed E-state index contributed by atoms with van der Waals surface area (Å²) in [4.78, 5) is 12.8. The van der Waals surface area contributed by atoms with Gasteiger partial charge in [0.05, 0.1) is 10.2 Å². The van der Waals surface area contributed by atoms with E-state index in [0.29, 0.717) is 17.9 Å². The summed E-state index contributed by atoms with van der Waals surface area (Å²) >= 11 is 1.61. The monoisotopic (exact) mass is 364 g/mol. The van der Waals surface area contributed by atoms with E-state index in [1.54, 1.807) is 23.5 Å². The fourth-order valence-corrected chi connectivity index (χ4v) is 3.88. The molecule has 4 rings (SSSR count). The molecule has 26 heavy (non-hydrogen) atoms. The normalized spacial score (nSPS) is 11.0. The van der Waals surface area contributed by atoms with Crippen LogP contribution in [0.2, 0.25) is 0 Å². The number of fused-ring (bicyclic) bond motifs is 1. The number of nitrogens with zero attached hydrogens (tertiary/aromatic N) is 1. The van der Waals surface area contributed by atoms with Gasteiger partial charge in [-0.2, -0.15) is 0 Å². The Hall–Kier alpha value is -2.92. The summed E-state index contributed by atoms with van der Waals surface area (Å²) in [5, 5.41) is 4.82. The first-order chi connectivity index (χ1) is 12.7. The highest BCUT2D eigenvalue weighted by atomic mass is 32.1. The van der Waals surface area contributed by atoms with E-state index in [0.717, 1.165) is 16.6 Å². The number of aromatic nitrogens is 1. The highest BCUT2D eigenvalue weighted by molar-refractivity contribution is 7.17. The lowest BCUT2D eigenvalue weighted by Crippen LogP contribution is -2.17. The second kappa shape index (κ2) is 7.14. The Morgan fingerprint density at radius 2 is 1.88 bits per heavy atom. The van der Waals surface area contributed by atoms with Crippen LogP contribution in [0.1, 0.15) is 16.1 Å². The number of halogens is 1. The first kappa shape index (κ1) is 16.5. The molecule has 3 nitrogen and oxygen atoms in total. The highest BCUT2D eigenvalue weighted by Gasteiger charge is 2.16. The standard InChI is InChI=1S/C21H17FN2OS/c22-16-7-4-8-17(13-16)23-21(25)19-14-20-18(10-12-26-20)24(19)11-9-15-5-2-1-3-6-15/h1-8,10,12-14H,9,11H2,(H,23,25). The van der Waals surface area contributed by atoms with Crippen LogP contribution >= 0.6 is 11.3 Å². The molecule has 5 heteroatoms. The molecule has 0 bridgehead atoms. The van der Waals surface area contributed by atoms with Gasteiger partial charge in [0.15, 0.2) is 0 Å². The van der Waals surface area contributed by atoms with Gasteiger partial charge in [0, 0.05) is 12.2 Å². The lowest BCUT2D eigenvalue weighted by molar-refractivity contribution is 0.101. The van der Waals surface area contributed by atoms with Crippen molar-refractivity contribution in [3.8, 4) is 0 Å². The van der Waals surface area contributed by atoms with E-state index in [9.17, 15) is 9.18 Å². The molecule has 0 fully saturated rings. The third-order valence-corrected chi connectivity index (χ3v) is 5.16. The van der Waals surface area contributed by atoms with Crippen molar-refractivity contribution in [1.82, 2.24) is 4.57 Å². The molecule has 0 radical (unpaired) electrons. The number of hydrogen-bond acceptors (Lipinski definition) is 2. The summed E-state index contributed by atoms with van der Waals surface area (Å²) < 4.78 is 16.5. The number of aryl methyl sites for hydroxylation is 2. The molecule has 0 aliphatic carbocycles. The molecular formula is C21H17FN2OS. The fraction of sp³-hybridized carbons (Fsp3) is 0.0952. The van der Waals surface area contributed by atoms with Gasteiger partial charge in [-0.25, -0.2) is 4.39 Å². The van der Waals surface area contributed by atoms with Crippen molar-refractivity contribution in [2.24, 2.45) is 0 Å². The Balaban J connectivity index is 1.62. The Labute approximate surface area is 154 Å². The first-order valence-corrected chi connectivity index (χ1v) is 9.26. The first-order valence-electron chi connectivity index (χ1n) is 8.38. The van der Waals surface area contributed by atoms with E-state index in [-0.39, 0.29) is 11.7 Å². The molecule has 0 saturated carbocycles. The Morgan fingerprint density at radius 3 is 2.69 bits per heavy atom. The summed E-state index contributed by atoms with van der Waals surface area (Å²) in [6.07, 6.45) is 0.834. The van der Waals surface area contributed by atoms with Crippen LogP contribution in [0.3, 0.4) is 0 Å². The van der Waals surface area contributed by atoms with Crippen molar-refractivity contribution in [3.05, 3.63) is 89.2 Å². The van der Waals surface area contributed by atoms with Crippen molar-refractivity contribution in [2.75, 3.05) is 5.32 Å². The molecule has 130 valence electrons. The van der Waals surface area contributed by atoms with Crippen LogP contribution in [0.25, 0.3) is 10.2 Å². The Bertz CT molecular complexity index is 1050. The van der Waals surface area contributed by atoms with Gasteiger partial charge >= 0.3 is 0 Å². The Kier molecular flexibility index (Phi) is 4.54. The number of benzene rings is 2. The topological polar surface area (TPSA) is 34.0 Å². The maximum absolute atomic E-state index is 13.4. The fourth-order valence-electron chi connectivity index (χ4n) is 3.05. The van der Waals surface area contributed by atoms with Crippen molar-refractivity contribution >= 4 is 33.1 Å². The lowest BCUT2D eigenvalue weighted by atomic mass is 10.1. The van der Waals surface area contributed by atoms with Gasteiger partial charge in [0.2, 0.25) is 0 Å². The third-order valence-electron chi connectivity index (χ3n) is 4.30. The molecule has 1 N–H and O–H groups in total. The summed E-state index contributed by atoms with van der Waals surface area (Å²) in [5.41, 5.74) is 3.32. The van der Waals surface area contributed by atoms with E-state index >= 15 is 0 Å². The minimum absolute atomic E-state index is 0.230. The molecule has 0 saturated heterocycles. The molecule has 1 amide bonds. The minimum Gasteiger partial charge on any atom is -0.335 e. The van der Waals surface area contributed by atoms with Crippen LogP contribution in [0.15, 0.2) is 72.1 Å². The SMILES string of the molecule is O=C(Nc1cccc(F)c1)c1cc2sccc2n1CCc1ccccc1. The number of rotatable bonds is 5. The molecule has 2 aromatic heterocycles.